The summed E-state index contributed by atoms with van der Waals surface area (Å²) in [4.78, 5) is 13.7. The van der Waals surface area contributed by atoms with E-state index in [1.165, 1.54) is 31.4 Å². The van der Waals surface area contributed by atoms with E-state index in [9.17, 15) is 13.2 Å². The van der Waals surface area contributed by atoms with E-state index < -0.39 is 22.1 Å². The smallest absolute Gasteiger partial charge is 0.341 e. The lowest BCUT2D eigenvalue weighted by Crippen LogP contribution is -2.42. The minimum atomic E-state index is -4.22. The van der Waals surface area contributed by atoms with Crippen molar-refractivity contribution >= 4 is 27.4 Å². The Morgan fingerprint density at radius 3 is 2.69 bits per heavy atom. The highest BCUT2D eigenvalue weighted by atomic mass is 32.2. The molecular formula is C18H19NO5S2. The molecule has 0 amide bonds. The molecule has 2 atom stereocenters. The van der Waals surface area contributed by atoms with Gasteiger partial charge in [0.05, 0.1) is 7.11 Å². The fourth-order valence-electron chi connectivity index (χ4n) is 2.94. The Bertz CT molecular complexity index is 902. The van der Waals surface area contributed by atoms with Crippen molar-refractivity contribution in [3.05, 3.63) is 58.8 Å². The number of thiophene rings is 1. The molecule has 1 aromatic carbocycles. The number of benzene rings is 1. The first-order valence-corrected chi connectivity index (χ1v) is 10.3. The van der Waals surface area contributed by atoms with Crippen LogP contribution < -0.4 is 10.1 Å². The highest BCUT2D eigenvalue weighted by Gasteiger charge is 2.35. The Kier molecular flexibility index (Phi) is 5.45. The van der Waals surface area contributed by atoms with Gasteiger partial charge in [-0.2, -0.15) is 8.42 Å². The molecule has 1 N–H and O–H groups in total. The van der Waals surface area contributed by atoms with Gasteiger partial charge in [0, 0.05) is 17.3 Å². The largest absolute Gasteiger partial charge is 0.497 e. The van der Waals surface area contributed by atoms with Crippen LogP contribution in [-0.4, -0.2) is 34.1 Å². The van der Waals surface area contributed by atoms with Crippen LogP contribution in [0.4, 0.5) is 0 Å². The second-order valence-electron chi connectivity index (χ2n) is 5.77. The molecule has 0 radical (unpaired) electrons. The van der Waals surface area contributed by atoms with Crippen molar-refractivity contribution in [2.45, 2.75) is 23.3 Å². The second-order valence-corrected chi connectivity index (χ2v) is 8.32. The van der Waals surface area contributed by atoms with Gasteiger partial charge in [-0.1, -0.05) is 6.08 Å². The summed E-state index contributed by atoms with van der Waals surface area (Å²) in [5, 5.41) is 5.05. The monoisotopic (exact) mass is 393 g/mol. The van der Waals surface area contributed by atoms with Crippen LogP contribution >= 0.6 is 11.3 Å². The van der Waals surface area contributed by atoms with Gasteiger partial charge in [-0.3, -0.25) is 0 Å². The van der Waals surface area contributed by atoms with Gasteiger partial charge in [0.2, 0.25) is 0 Å². The van der Waals surface area contributed by atoms with Gasteiger partial charge in [-0.05, 0) is 47.7 Å². The Labute approximate surface area is 156 Å². The summed E-state index contributed by atoms with van der Waals surface area (Å²) in [5.41, 5.74) is 0.985. The molecule has 2 unspecified atom stereocenters. The number of hydrogen-bond donors (Lipinski definition) is 1. The molecule has 0 bridgehead atoms. The second kappa shape index (κ2) is 7.61. The van der Waals surface area contributed by atoms with E-state index >= 15 is 0 Å². The highest BCUT2D eigenvalue weighted by molar-refractivity contribution is 7.87. The van der Waals surface area contributed by atoms with Crippen molar-refractivity contribution < 1.29 is 22.1 Å². The summed E-state index contributed by atoms with van der Waals surface area (Å²) in [7, 11) is -2.74. The third kappa shape index (κ3) is 3.67. The Morgan fingerprint density at radius 2 is 2.04 bits per heavy atom. The normalized spacial score (nSPS) is 19.9. The zero-order valence-corrected chi connectivity index (χ0v) is 15.8. The molecule has 0 saturated carbocycles. The number of rotatable bonds is 5. The fraction of sp³-hybridized carbons (Fsp3) is 0.278. The van der Waals surface area contributed by atoms with Crippen LogP contribution in [0.15, 0.2) is 53.3 Å². The molecule has 1 aliphatic rings. The number of fused-ring (bicyclic) bond motifs is 1. The van der Waals surface area contributed by atoms with Crippen LogP contribution in [0.3, 0.4) is 0 Å². The maximum atomic E-state index is 12.6. The number of carbonyl (C=O) groups excluding carboxylic acids is 1. The molecular weight excluding hydrogens is 374 g/mol. The number of methoxy groups -OCH3 is 1. The maximum Gasteiger partial charge on any atom is 0.341 e. The molecule has 2 aromatic rings. The predicted octanol–water partition coefficient (Wildman–Crippen LogP) is 2.47. The van der Waals surface area contributed by atoms with E-state index in [2.05, 4.69) is 11.9 Å². The molecule has 138 valence electrons. The van der Waals surface area contributed by atoms with Crippen LogP contribution in [-0.2, 0) is 25.5 Å². The van der Waals surface area contributed by atoms with Crippen molar-refractivity contribution in [2.75, 3.05) is 13.7 Å². The van der Waals surface area contributed by atoms with Crippen molar-refractivity contribution in [2.24, 2.45) is 0 Å². The average molecular weight is 393 g/mol. The lowest BCUT2D eigenvalue weighted by Gasteiger charge is -2.21. The molecule has 2 heterocycles. The molecule has 0 spiro atoms. The van der Waals surface area contributed by atoms with Gasteiger partial charge in [-0.25, -0.2) is 4.79 Å². The van der Waals surface area contributed by atoms with Gasteiger partial charge in [-0.15, -0.1) is 17.9 Å². The zero-order chi connectivity index (χ0) is 18.7. The van der Waals surface area contributed by atoms with Crippen LogP contribution in [0, 0.1) is 0 Å². The minimum absolute atomic E-state index is 0.105. The molecule has 1 aromatic heterocycles. The summed E-state index contributed by atoms with van der Waals surface area (Å²) in [6.07, 6.45) is 2.42. The zero-order valence-electron chi connectivity index (χ0n) is 14.2. The molecule has 8 heteroatoms. The van der Waals surface area contributed by atoms with Gasteiger partial charge < -0.3 is 14.2 Å². The molecule has 3 rings (SSSR count). The van der Waals surface area contributed by atoms with Crippen LogP contribution in [0.1, 0.15) is 16.4 Å². The SMILES string of the molecule is C=CC1c2ccsc2CCNC1C(=O)OS(=O)(=O)c1ccc(OC)cc1. The standard InChI is InChI=1S/C18H19NO5S2/c1-3-14-15-9-11-25-16(15)8-10-19-17(14)18(20)24-26(21,22)13-6-4-12(23-2)5-7-13/h3-7,9,11,14,17,19H,1,8,10H2,2H3. The third-order valence-electron chi connectivity index (χ3n) is 4.26. The van der Waals surface area contributed by atoms with Gasteiger partial charge in [0.25, 0.3) is 0 Å². The molecule has 0 saturated heterocycles. The lowest BCUT2D eigenvalue weighted by molar-refractivity contribution is -0.136. The average Bonchev–Trinajstić information content (AvgIpc) is 3.01. The summed E-state index contributed by atoms with van der Waals surface area (Å²) in [6, 6.07) is 6.80. The van der Waals surface area contributed by atoms with Crippen LogP contribution in [0.25, 0.3) is 0 Å². The van der Waals surface area contributed by atoms with E-state index in [1.807, 2.05) is 11.4 Å². The highest BCUT2D eigenvalue weighted by Crippen LogP contribution is 2.32. The van der Waals surface area contributed by atoms with Crippen molar-refractivity contribution in [3.8, 4) is 5.75 Å². The van der Waals surface area contributed by atoms with E-state index in [0.29, 0.717) is 12.3 Å². The minimum Gasteiger partial charge on any atom is -0.497 e. The molecule has 26 heavy (non-hydrogen) atoms. The Hall–Kier alpha value is -2.16. The van der Waals surface area contributed by atoms with Crippen molar-refractivity contribution in [1.29, 1.82) is 0 Å². The van der Waals surface area contributed by atoms with Gasteiger partial charge in [0.1, 0.15) is 16.7 Å². The number of ether oxygens (including phenoxy) is 1. The molecule has 1 aliphatic heterocycles. The third-order valence-corrected chi connectivity index (χ3v) is 6.49. The van der Waals surface area contributed by atoms with Crippen molar-refractivity contribution in [1.82, 2.24) is 5.32 Å². The van der Waals surface area contributed by atoms with E-state index in [1.54, 1.807) is 17.4 Å². The number of nitrogens with one attached hydrogen (secondary N) is 1. The topological polar surface area (TPSA) is 81.7 Å². The first-order chi connectivity index (χ1) is 12.5. The van der Waals surface area contributed by atoms with E-state index in [4.69, 9.17) is 8.92 Å². The summed E-state index contributed by atoms with van der Waals surface area (Å²) in [5.74, 6) is -0.681. The summed E-state index contributed by atoms with van der Waals surface area (Å²) < 4.78 is 34.8. The van der Waals surface area contributed by atoms with E-state index in [-0.39, 0.29) is 10.8 Å². The van der Waals surface area contributed by atoms with E-state index in [0.717, 1.165) is 16.9 Å². The fourth-order valence-corrected chi connectivity index (χ4v) is 4.77. The predicted molar refractivity (Wildman–Crippen MR) is 99.0 cm³/mol. The molecule has 6 nitrogen and oxygen atoms in total. The summed E-state index contributed by atoms with van der Waals surface area (Å²) in [6.45, 7) is 4.36. The molecule has 0 fully saturated rings. The Balaban J connectivity index is 1.82. The molecule has 0 aliphatic carbocycles. The van der Waals surface area contributed by atoms with Crippen LogP contribution in [0.2, 0.25) is 0 Å². The maximum absolute atomic E-state index is 12.6. The van der Waals surface area contributed by atoms with Gasteiger partial charge in [0.15, 0.2) is 0 Å². The van der Waals surface area contributed by atoms with Crippen LogP contribution in [0.5, 0.6) is 5.75 Å². The van der Waals surface area contributed by atoms with Gasteiger partial charge >= 0.3 is 16.1 Å². The van der Waals surface area contributed by atoms with Crippen molar-refractivity contribution in [3.63, 3.8) is 0 Å². The first kappa shape index (κ1) is 18.6. The first-order valence-electron chi connectivity index (χ1n) is 8.01. The number of hydrogen-bond acceptors (Lipinski definition) is 7. The summed E-state index contributed by atoms with van der Waals surface area (Å²) >= 11 is 1.62. The number of carbonyl (C=O) groups is 1. The Morgan fingerprint density at radius 1 is 1.31 bits per heavy atom. The quantitative estimate of drug-likeness (QED) is 0.621. The lowest BCUT2D eigenvalue weighted by atomic mass is 9.93.